The number of hydrogen-bond donors (Lipinski definition) is 0. The van der Waals surface area contributed by atoms with E-state index in [0.29, 0.717) is 5.56 Å². The quantitative estimate of drug-likeness (QED) is 0.757. The molecule has 0 N–H and O–H groups in total. The maximum Gasteiger partial charge on any atom is 0.449 e. The van der Waals surface area contributed by atoms with E-state index in [-0.39, 0.29) is 5.76 Å². The molecule has 0 aliphatic rings. The van der Waals surface area contributed by atoms with E-state index in [0.717, 1.165) is 18.9 Å². The fourth-order valence-electron chi connectivity index (χ4n) is 1.77. The van der Waals surface area contributed by atoms with Crippen LogP contribution in [0.1, 0.15) is 24.7 Å². The summed E-state index contributed by atoms with van der Waals surface area (Å²) in [5, 5.41) is 0. The second kappa shape index (κ2) is 4.88. The monoisotopic (exact) mass is 254 g/mol. The number of alkyl halides is 3. The average molecular weight is 254 g/mol. The van der Waals surface area contributed by atoms with Crippen LogP contribution in [0.5, 0.6) is 0 Å². The molecule has 1 aromatic carbocycles. The molecule has 4 heteroatoms. The molecule has 1 heterocycles. The van der Waals surface area contributed by atoms with E-state index in [1.54, 1.807) is 12.1 Å². The summed E-state index contributed by atoms with van der Waals surface area (Å²) < 4.78 is 42.0. The first-order chi connectivity index (χ1) is 8.50. The molecule has 2 aromatic rings. The summed E-state index contributed by atoms with van der Waals surface area (Å²) in [5.74, 6) is -0.722. The van der Waals surface area contributed by atoms with E-state index < -0.39 is 11.9 Å². The van der Waals surface area contributed by atoms with Gasteiger partial charge >= 0.3 is 6.18 Å². The molecule has 0 atom stereocenters. The molecule has 0 spiro atoms. The zero-order chi connectivity index (χ0) is 13.2. The van der Waals surface area contributed by atoms with Gasteiger partial charge in [0.2, 0.25) is 5.76 Å². The number of hydrogen-bond acceptors (Lipinski definition) is 1. The summed E-state index contributed by atoms with van der Waals surface area (Å²) in [4.78, 5) is 0. The maximum atomic E-state index is 12.4. The van der Waals surface area contributed by atoms with Gasteiger partial charge in [-0.3, -0.25) is 0 Å². The lowest BCUT2D eigenvalue weighted by Gasteiger charge is -2.02. The summed E-state index contributed by atoms with van der Waals surface area (Å²) in [7, 11) is 0. The Morgan fingerprint density at radius 1 is 1.00 bits per heavy atom. The Hall–Kier alpha value is -1.71. The molecular weight excluding hydrogens is 241 g/mol. The SMILES string of the molecule is CCCc1ccc(-c2ccc(C(F)(F)F)o2)cc1. The Labute approximate surface area is 103 Å². The number of furan rings is 1. The minimum atomic E-state index is -4.43. The van der Waals surface area contributed by atoms with Crippen molar-refractivity contribution in [2.45, 2.75) is 25.9 Å². The smallest absolute Gasteiger partial charge is 0.449 e. The third-order valence-corrected chi connectivity index (χ3v) is 2.66. The zero-order valence-corrected chi connectivity index (χ0v) is 9.92. The van der Waals surface area contributed by atoms with Crippen molar-refractivity contribution in [2.75, 3.05) is 0 Å². The van der Waals surface area contributed by atoms with Crippen LogP contribution in [0, 0.1) is 0 Å². The van der Waals surface area contributed by atoms with Gasteiger partial charge < -0.3 is 4.42 Å². The lowest BCUT2D eigenvalue weighted by molar-refractivity contribution is -0.152. The normalized spacial score (nSPS) is 11.8. The Balaban J connectivity index is 2.23. The van der Waals surface area contributed by atoms with E-state index in [4.69, 9.17) is 4.42 Å². The van der Waals surface area contributed by atoms with Gasteiger partial charge in [0.25, 0.3) is 0 Å². The molecule has 0 unspecified atom stereocenters. The van der Waals surface area contributed by atoms with Crippen molar-refractivity contribution < 1.29 is 17.6 Å². The van der Waals surface area contributed by atoms with Gasteiger partial charge in [0.15, 0.2) is 0 Å². The highest BCUT2D eigenvalue weighted by molar-refractivity contribution is 5.58. The van der Waals surface area contributed by atoms with E-state index in [9.17, 15) is 13.2 Å². The predicted octanol–water partition coefficient (Wildman–Crippen LogP) is 4.92. The molecule has 0 saturated carbocycles. The van der Waals surface area contributed by atoms with Crippen LogP contribution in [0.4, 0.5) is 13.2 Å². The van der Waals surface area contributed by atoms with Crippen molar-refractivity contribution in [1.29, 1.82) is 0 Å². The first-order valence-corrected chi connectivity index (χ1v) is 5.77. The van der Waals surface area contributed by atoms with Crippen molar-refractivity contribution in [2.24, 2.45) is 0 Å². The average Bonchev–Trinajstić information content (AvgIpc) is 2.79. The van der Waals surface area contributed by atoms with Crippen LogP contribution < -0.4 is 0 Å². The van der Waals surface area contributed by atoms with Crippen LogP contribution >= 0.6 is 0 Å². The molecule has 96 valence electrons. The Bertz CT molecular complexity index is 509. The Morgan fingerprint density at radius 3 is 2.17 bits per heavy atom. The van der Waals surface area contributed by atoms with Gasteiger partial charge in [-0.1, -0.05) is 37.6 Å². The number of aryl methyl sites for hydroxylation is 1. The van der Waals surface area contributed by atoms with Crippen LogP contribution in [0.25, 0.3) is 11.3 Å². The minimum Gasteiger partial charge on any atom is -0.452 e. The summed E-state index contributed by atoms with van der Waals surface area (Å²) in [6.07, 6.45) is -2.43. The van der Waals surface area contributed by atoms with Crippen molar-refractivity contribution in [3.8, 4) is 11.3 Å². The molecule has 0 bridgehead atoms. The molecule has 1 aromatic heterocycles. The number of benzene rings is 1. The van der Waals surface area contributed by atoms with Gasteiger partial charge in [-0.15, -0.1) is 0 Å². The summed E-state index contributed by atoms with van der Waals surface area (Å²) >= 11 is 0. The Morgan fingerprint density at radius 2 is 1.67 bits per heavy atom. The highest BCUT2D eigenvalue weighted by atomic mass is 19.4. The molecule has 2 rings (SSSR count). The lowest BCUT2D eigenvalue weighted by atomic mass is 10.1. The minimum absolute atomic E-state index is 0.241. The molecule has 0 saturated heterocycles. The van der Waals surface area contributed by atoms with Gasteiger partial charge in [0.05, 0.1) is 0 Å². The topological polar surface area (TPSA) is 13.1 Å². The largest absolute Gasteiger partial charge is 0.452 e. The van der Waals surface area contributed by atoms with E-state index in [2.05, 4.69) is 6.92 Å². The van der Waals surface area contributed by atoms with Gasteiger partial charge in [-0.05, 0) is 24.1 Å². The third-order valence-electron chi connectivity index (χ3n) is 2.66. The number of rotatable bonds is 3. The van der Waals surface area contributed by atoms with Crippen molar-refractivity contribution in [3.05, 3.63) is 47.7 Å². The molecule has 0 amide bonds. The lowest BCUT2D eigenvalue weighted by Crippen LogP contribution is -2.01. The molecule has 0 fully saturated rings. The van der Waals surface area contributed by atoms with Crippen molar-refractivity contribution >= 4 is 0 Å². The zero-order valence-electron chi connectivity index (χ0n) is 9.92. The molecule has 0 aliphatic heterocycles. The van der Waals surface area contributed by atoms with E-state index in [1.807, 2.05) is 12.1 Å². The second-order valence-corrected chi connectivity index (χ2v) is 4.11. The van der Waals surface area contributed by atoms with Crippen LogP contribution in [-0.2, 0) is 12.6 Å². The van der Waals surface area contributed by atoms with Crippen LogP contribution in [0.2, 0.25) is 0 Å². The summed E-state index contributed by atoms with van der Waals surface area (Å²) in [6.45, 7) is 2.08. The van der Waals surface area contributed by atoms with Gasteiger partial charge in [0, 0.05) is 5.56 Å². The molecular formula is C14H13F3O. The summed E-state index contributed by atoms with van der Waals surface area (Å²) in [6, 6.07) is 9.68. The van der Waals surface area contributed by atoms with E-state index in [1.165, 1.54) is 11.6 Å². The fraction of sp³-hybridized carbons (Fsp3) is 0.286. The maximum absolute atomic E-state index is 12.4. The highest BCUT2D eigenvalue weighted by Crippen LogP contribution is 2.33. The van der Waals surface area contributed by atoms with Crippen LogP contribution in [0.3, 0.4) is 0 Å². The fourth-order valence-corrected chi connectivity index (χ4v) is 1.77. The Kier molecular flexibility index (Phi) is 3.45. The standard InChI is InChI=1S/C14H13F3O/c1-2-3-10-4-6-11(7-5-10)12-8-9-13(18-12)14(15,16)17/h4-9H,2-3H2,1H3. The van der Waals surface area contributed by atoms with Crippen molar-refractivity contribution in [3.63, 3.8) is 0 Å². The van der Waals surface area contributed by atoms with Gasteiger partial charge in [-0.25, -0.2) is 0 Å². The van der Waals surface area contributed by atoms with Crippen LogP contribution in [-0.4, -0.2) is 0 Å². The first-order valence-electron chi connectivity index (χ1n) is 5.77. The molecule has 1 nitrogen and oxygen atoms in total. The van der Waals surface area contributed by atoms with Crippen molar-refractivity contribution in [1.82, 2.24) is 0 Å². The molecule has 18 heavy (non-hydrogen) atoms. The second-order valence-electron chi connectivity index (χ2n) is 4.11. The predicted molar refractivity (Wildman–Crippen MR) is 63.1 cm³/mol. The van der Waals surface area contributed by atoms with E-state index >= 15 is 0 Å². The third kappa shape index (κ3) is 2.75. The number of halogens is 3. The van der Waals surface area contributed by atoms with Crippen LogP contribution in [0.15, 0.2) is 40.8 Å². The first kappa shape index (κ1) is 12.7. The summed E-state index contributed by atoms with van der Waals surface area (Å²) in [5.41, 5.74) is 1.83. The van der Waals surface area contributed by atoms with Gasteiger partial charge in [0.1, 0.15) is 5.76 Å². The molecule has 0 radical (unpaired) electrons. The van der Waals surface area contributed by atoms with Gasteiger partial charge in [-0.2, -0.15) is 13.2 Å². The molecule has 0 aliphatic carbocycles. The highest BCUT2D eigenvalue weighted by Gasteiger charge is 2.34.